The van der Waals surface area contributed by atoms with E-state index in [4.69, 9.17) is 0 Å². The summed E-state index contributed by atoms with van der Waals surface area (Å²) in [7, 11) is -2.56. The first-order valence-corrected chi connectivity index (χ1v) is 3.71. The van der Waals surface area contributed by atoms with E-state index < -0.39 is 13.6 Å². The predicted molar refractivity (Wildman–Crippen MR) is 25.4 cm³/mol. The molecule has 0 aromatic carbocycles. The summed E-state index contributed by atoms with van der Waals surface area (Å²) in [6, 6.07) is -1.66. The molecule has 9 heavy (non-hydrogen) atoms. The Balaban J connectivity index is 3.96. The third-order valence-corrected chi connectivity index (χ3v) is 1.60. The highest BCUT2D eigenvalue weighted by Crippen LogP contribution is 2.31. The highest BCUT2D eigenvalue weighted by atomic mass is 31.2. The van der Waals surface area contributed by atoms with Gasteiger partial charge in [0, 0.05) is 14.2 Å². The molecule has 0 saturated carbocycles. The molecule has 0 spiro atoms. The average molecular weight is 154 g/mol. The van der Waals surface area contributed by atoms with Gasteiger partial charge in [0.1, 0.15) is 0 Å². The molecule has 0 aromatic heterocycles. The van der Waals surface area contributed by atoms with Gasteiger partial charge in [-0.25, -0.2) is 0 Å². The first-order chi connectivity index (χ1) is 4.02. The molecule has 0 fully saturated rings. The maximum Gasteiger partial charge on any atom is 0.183 e. The third kappa shape index (κ3) is 2.93. The van der Waals surface area contributed by atoms with Crippen LogP contribution in [0.5, 0.6) is 0 Å². The van der Waals surface area contributed by atoms with Gasteiger partial charge in [-0.2, -0.15) is 0 Å². The molecule has 0 unspecified atom stereocenters. The summed E-state index contributed by atoms with van der Waals surface area (Å²) >= 11 is 0. The Kier molecular flexibility index (Phi) is 3.32. The number of hydrogen-bond acceptors (Lipinski definition) is 5. The smallest absolute Gasteiger partial charge is 0.183 e. The van der Waals surface area contributed by atoms with Crippen molar-refractivity contribution in [2.45, 2.75) is 6.03 Å². The van der Waals surface area contributed by atoms with Crippen LogP contribution in [0.25, 0.3) is 0 Å². The number of hydrogen-bond donors (Lipinski definition) is 0. The fourth-order valence-corrected chi connectivity index (χ4v) is 0.871. The zero-order valence-electron chi connectivity index (χ0n) is 5.07. The van der Waals surface area contributed by atoms with E-state index in [1.54, 1.807) is 0 Å². The second-order valence-corrected chi connectivity index (χ2v) is 2.82. The van der Waals surface area contributed by atoms with E-state index in [-0.39, 0.29) is 0 Å². The van der Waals surface area contributed by atoms with Gasteiger partial charge in [-0.1, -0.05) is 0 Å². The zero-order chi connectivity index (χ0) is 7.49. The van der Waals surface area contributed by atoms with Crippen LogP contribution >= 0.6 is 7.60 Å². The quantitative estimate of drug-likeness (QED) is 0.364. The summed E-state index contributed by atoms with van der Waals surface area (Å²) in [6.07, 6.45) is 0. The minimum absolute atomic E-state index is 1.08. The van der Waals surface area contributed by atoms with Crippen molar-refractivity contribution in [1.29, 1.82) is 0 Å². The molecule has 0 aliphatic heterocycles. The lowest BCUT2D eigenvalue weighted by atomic mass is 11.3. The molecule has 56 valence electrons. The van der Waals surface area contributed by atoms with Crippen LogP contribution in [0.2, 0.25) is 0 Å². The molecule has 5 nitrogen and oxygen atoms in total. The van der Waals surface area contributed by atoms with E-state index in [0.717, 1.165) is 14.2 Å². The Labute approximate surface area is 52.7 Å². The van der Waals surface area contributed by atoms with Crippen molar-refractivity contribution in [2.75, 3.05) is 14.2 Å². The summed E-state index contributed by atoms with van der Waals surface area (Å²) in [5.74, 6) is 0. The topological polar surface area (TPSA) is 81.7 Å². The lowest BCUT2D eigenvalue weighted by Gasteiger charge is -2.35. The van der Waals surface area contributed by atoms with Gasteiger partial charge in [-0.05, 0) is 7.60 Å². The van der Waals surface area contributed by atoms with Gasteiger partial charge < -0.3 is 23.8 Å². The van der Waals surface area contributed by atoms with Gasteiger partial charge in [-0.15, -0.1) is 0 Å². The molecule has 0 aliphatic carbocycles. The van der Waals surface area contributed by atoms with Crippen molar-refractivity contribution in [3.8, 4) is 0 Å². The fourth-order valence-electron chi connectivity index (χ4n) is 0.354. The first kappa shape index (κ1) is 9.07. The molecule has 0 amide bonds. The molecular formula is C3H7O5P-2. The Morgan fingerprint density at radius 1 is 1.33 bits per heavy atom. The van der Waals surface area contributed by atoms with Crippen molar-refractivity contribution in [3.63, 3.8) is 0 Å². The van der Waals surface area contributed by atoms with Crippen molar-refractivity contribution in [2.24, 2.45) is 0 Å². The predicted octanol–water partition coefficient (Wildman–Crippen LogP) is -1.52. The third-order valence-electron chi connectivity index (χ3n) is 0.661. The van der Waals surface area contributed by atoms with E-state index in [2.05, 4.69) is 9.47 Å². The molecule has 0 rings (SSSR count). The highest BCUT2D eigenvalue weighted by Gasteiger charge is 2.07. The molecule has 0 aromatic rings. The van der Waals surface area contributed by atoms with Gasteiger partial charge >= 0.3 is 0 Å². The highest BCUT2D eigenvalue weighted by molar-refractivity contribution is 7.49. The van der Waals surface area contributed by atoms with Gasteiger partial charge in [-0.3, -0.25) is 0 Å². The number of ether oxygens (including phenoxy) is 2. The van der Waals surface area contributed by atoms with Crippen LogP contribution < -0.4 is 9.79 Å². The van der Waals surface area contributed by atoms with Gasteiger partial charge in [0.15, 0.2) is 6.03 Å². The standard InChI is InChI=1S/C3H9O5P/c1-7-3(8-2)9(4,5)6/h3H,1-2H3,(H2,4,5,6)/p-2. The molecule has 6 heteroatoms. The molecule has 0 N–H and O–H groups in total. The van der Waals surface area contributed by atoms with Crippen LogP contribution in [0.1, 0.15) is 0 Å². The minimum Gasteiger partial charge on any atom is -0.807 e. The molecule has 0 aliphatic rings. The monoisotopic (exact) mass is 154 g/mol. The van der Waals surface area contributed by atoms with E-state index >= 15 is 0 Å². The lowest BCUT2D eigenvalue weighted by molar-refractivity contribution is -0.334. The molecular weight excluding hydrogens is 147 g/mol. The van der Waals surface area contributed by atoms with Crippen LogP contribution in [0, 0.1) is 0 Å². The Bertz CT molecular complexity index is 113. The van der Waals surface area contributed by atoms with Crippen LogP contribution in [0.3, 0.4) is 0 Å². The van der Waals surface area contributed by atoms with Gasteiger partial charge in [0.2, 0.25) is 0 Å². The second kappa shape index (κ2) is 3.29. The maximum absolute atomic E-state index is 10.0. The number of methoxy groups -OCH3 is 2. The van der Waals surface area contributed by atoms with Crippen LogP contribution in [0.15, 0.2) is 0 Å². The van der Waals surface area contributed by atoms with E-state index in [0.29, 0.717) is 0 Å². The van der Waals surface area contributed by atoms with Crippen molar-refractivity contribution >= 4 is 7.60 Å². The fraction of sp³-hybridized carbons (Fsp3) is 1.00. The largest absolute Gasteiger partial charge is 0.807 e. The first-order valence-electron chi connectivity index (χ1n) is 2.09. The number of rotatable bonds is 3. The lowest BCUT2D eigenvalue weighted by Crippen LogP contribution is -2.28. The minimum atomic E-state index is -4.72. The molecule has 0 saturated heterocycles. The molecule has 0 bridgehead atoms. The van der Waals surface area contributed by atoms with E-state index in [9.17, 15) is 14.4 Å². The van der Waals surface area contributed by atoms with Gasteiger partial charge in [0.05, 0.1) is 0 Å². The summed E-state index contributed by atoms with van der Waals surface area (Å²) in [5.41, 5.74) is 0. The normalized spacial score (nSPS) is 12.6. The van der Waals surface area contributed by atoms with Crippen molar-refractivity contribution in [3.05, 3.63) is 0 Å². The Hall–Kier alpha value is 0.0700. The summed E-state index contributed by atoms with van der Waals surface area (Å²) in [6.45, 7) is 0. The van der Waals surface area contributed by atoms with Crippen LogP contribution in [-0.2, 0) is 14.0 Å². The van der Waals surface area contributed by atoms with Crippen molar-refractivity contribution in [1.82, 2.24) is 0 Å². The van der Waals surface area contributed by atoms with E-state index in [1.807, 2.05) is 0 Å². The second-order valence-electron chi connectivity index (χ2n) is 1.32. The molecule has 0 atom stereocenters. The SMILES string of the molecule is COC(OC)P(=O)([O-])[O-]. The molecule has 0 heterocycles. The zero-order valence-corrected chi connectivity index (χ0v) is 5.96. The van der Waals surface area contributed by atoms with Crippen LogP contribution in [-0.4, -0.2) is 20.3 Å². The summed E-state index contributed by atoms with van der Waals surface area (Å²) < 4.78 is 18.3. The van der Waals surface area contributed by atoms with E-state index in [1.165, 1.54) is 0 Å². The average Bonchev–Trinajstić information content (AvgIpc) is 1.65. The van der Waals surface area contributed by atoms with Crippen LogP contribution in [0.4, 0.5) is 0 Å². The van der Waals surface area contributed by atoms with Crippen molar-refractivity contribution < 1.29 is 23.8 Å². The Morgan fingerprint density at radius 2 is 1.67 bits per heavy atom. The summed E-state index contributed by atoms with van der Waals surface area (Å²) in [4.78, 5) is 20.0. The maximum atomic E-state index is 10.0. The molecule has 0 radical (unpaired) electrons. The Morgan fingerprint density at radius 3 is 1.67 bits per heavy atom. The van der Waals surface area contributed by atoms with Gasteiger partial charge in [0.25, 0.3) is 0 Å². The summed E-state index contributed by atoms with van der Waals surface area (Å²) in [5, 5.41) is 0.